The summed E-state index contributed by atoms with van der Waals surface area (Å²) in [6, 6.07) is 27.7. The van der Waals surface area contributed by atoms with E-state index in [0.717, 1.165) is 44.7 Å². The monoisotopic (exact) mass is 550 g/mol. The van der Waals surface area contributed by atoms with Crippen molar-refractivity contribution < 1.29 is 29.2 Å². The summed E-state index contributed by atoms with van der Waals surface area (Å²) < 4.78 is 23.1. The highest BCUT2D eigenvalue weighted by atomic mass is 16.5. The van der Waals surface area contributed by atoms with Gasteiger partial charge in [-0.3, -0.25) is 0 Å². The van der Waals surface area contributed by atoms with Gasteiger partial charge in [0.25, 0.3) is 0 Å². The van der Waals surface area contributed by atoms with E-state index in [2.05, 4.69) is 12.1 Å². The highest BCUT2D eigenvalue weighted by Gasteiger charge is 2.49. The van der Waals surface area contributed by atoms with Gasteiger partial charge in [0.05, 0.1) is 55.3 Å². The molecule has 0 radical (unpaired) electrons. The zero-order valence-corrected chi connectivity index (χ0v) is 22.8. The lowest BCUT2D eigenvalue weighted by Crippen LogP contribution is -2.30. The van der Waals surface area contributed by atoms with Crippen molar-refractivity contribution in [3.8, 4) is 34.3 Å². The number of rotatable bonds is 10. The van der Waals surface area contributed by atoms with Gasteiger partial charge < -0.3 is 29.2 Å². The molecule has 0 unspecified atom stereocenters. The Morgan fingerprint density at radius 1 is 0.634 bits per heavy atom. The molecule has 0 saturated heterocycles. The van der Waals surface area contributed by atoms with E-state index in [9.17, 15) is 10.2 Å². The largest absolute Gasteiger partial charge is 0.493 e. The van der Waals surface area contributed by atoms with Gasteiger partial charge in [0.1, 0.15) is 13.2 Å². The number of aromatic nitrogens is 2. The third-order valence-electron chi connectivity index (χ3n) is 7.40. The highest BCUT2D eigenvalue weighted by molar-refractivity contribution is 5.88. The third kappa shape index (κ3) is 4.32. The van der Waals surface area contributed by atoms with E-state index < -0.39 is 5.41 Å². The zero-order chi connectivity index (χ0) is 28.4. The summed E-state index contributed by atoms with van der Waals surface area (Å²) in [7, 11) is 3.19. The molecule has 8 nitrogen and oxygen atoms in total. The van der Waals surface area contributed by atoms with E-state index in [0.29, 0.717) is 23.0 Å². The normalized spacial score (nSPS) is 13.0. The molecule has 2 N–H and O–H groups in total. The fourth-order valence-corrected chi connectivity index (χ4v) is 5.70. The van der Waals surface area contributed by atoms with Crippen LogP contribution in [-0.2, 0) is 5.41 Å². The topological polar surface area (TPSA) is 103 Å². The minimum Gasteiger partial charge on any atom is -0.493 e. The molecule has 0 aliphatic heterocycles. The van der Waals surface area contributed by atoms with Crippen LogP contribution >= 0.6 is 0 Å². The van der Waals surface area contributed by atoms with Crippen LogP contribution in [0, 0.1) is 0 Å². The standard InChI is InChI=1S/C33H30N2O6/c1-38-29-19-21(11-13-27(29)40-17-15-36)33(22-12-14-28(41-18-16-37)30(20-22)39-2)24-8-4-3-7-23(24)31-32(33)35-26-10-6-5-9-25(26)34-31/h3-14,19-20,36-37H,15-18H2,1-2H3. The predicted molar refractivity (Wildman–Crippen MR) is 155 cm³/mol. The summed E-state index contributed by atoms with van der Waals surface area (Å²) in [5.41, 5.74) is 6.09. The van der Waals surface area contributed by atoms with Crippen LogP contribution in [0.1, 0.15) is 22.4 Å². The van der Waals surface area contributed by atoms with E-state index in [1.54, 1.807) is 14.2 Å². The van der Waals surface area contributed by atoms with Crippen molar-refractivity contribution in [2.75, 3.05) is 40.6 Å². The first-order chi connectivity index (χ1) is 20.1. The maximum atomic E-state index is 9.32. The number of fused-ring (bicyclic) bond motifs is 4. The molecule has 41 heavy (non-hydrogen) atoms. The maximum Gasteiger partial charge on any atom is 0.161 e. The summed E-state index contributed by atoms with van der Waals surface area (Å²) in [4.78, 5) is 10.4. The molecule has 1 heterocycles. The van der Waals surface area contributed by atoms with Gasteiger partial charge >= 0.3 is 0 Å². The van der Waals surface area contributed by atoms with Crippen LogP contribution in [0.4, 0.5) is 0 Å². The second-order valence-electron chi connectivity index (χ2n) is 9.58. The molecule has 6 rings (SSSR count). The Labute approximate surface area is 237 Å². The molecule has 0 bridgehead atoms. The minimum absolute atomic E-state index is 0.108. The van der Waals surface area contributed by atoms with Crippen molar-refractivity contribution in [3.05, 3.63) is 107 Å². The van der Waals surface area contributed by atoms with Crippen LogP contribution < -0.4 is 18.9 Å². The van der Waals surface area contributed by atoms with Crippen molar-refractivity contribution in [3.63, 3.8) is 0 Å². The van der Waals surface area contributed by atoms with Crippen LogP contribution in [-0.4, -0.2) is 60.8 Å². The number of methoxy groups -OCH3 is 2. The van der Waals surface area contributed by atoms with Crippen molar-refractivity contribution in [1.82, 2.24) is 9.97 Å². The smallest absolute Gasteiger partial charge is 0.161 e. The molecule has 1 aliphatic carbocycles. The van der Waals surface area contributed by atoms with Gasteiger partial charge in [0.2, 0.25) is 0 Å². The molecule has 0 amide bonds. The van der Waals surface area contributed by atoms with Crippen LogP contribution in [0.2, 0.25) is 0 Å². The Kier molecular flexibility index (Phi) is 7.17. The Hall–Kier alpha value is -4.66. The van der Waals surface area contributed by atoms with Gasteiger partial charge in [-0.05, 0) is 53.1 Å². The fraction of sp³-hybridized carbons (Fsp3) is 0.212. The quantitative estimate of drug-likeness (QED) is 0.252. The molecule has 8 heteroatoms. The first-order valence-corrected chi connectivity index (χ1v) is 13.4. The molecule has 5 aromatic rings. The van der Waals surface area contributed by atoms with Crippen LogP contribution in [0.3, 0.4) is 0 Å². The number of aliphatic hydroxyl groups is 2. The maximum absolute atomic E-state index is 9.32. The van der Waals surface area contributed by atoms with E-state index >= 15 is 0 Å². The van der Waals surface area contributed by atoms with Crippen molar-refractivity contribution in [1.29, 1.82) is 0 Å². The van der Waals surface area contributed by atoms with Crippen LogP contribution in [0.5, 0.6) is 23.0 Å². The summed E-state index contributed by atoms with van der Waals surface area (Å²) in [6.07, 6.45) is 0. The first kappa shape index (κ1) is 26.6. The number of benzene rings is 4. The van der Waals surface area contributed by atoms with E-state index in [1.807, 2.05) is 72.8 Å². The molecule has 4 aromatic carbocycles. The zero-order valence-electron chi connectivity index (χ0n) is 22.8. The lowest BCUT2D eigenvalue weighted by atomic mass is 9.69. The van der Waals surface area contributed by atoms with Crippen LogP contribution in [0.25, 0.3) is 22.3 Å². The summed E-state index contributed by atoms with van der Waals surface area (Å²) in [6.45, 7) is 0.0818. The number of hydrogen-bond acceptors (Lipinski definition) is 8. The van der Waals surface area contributed by atoms with Crippen LogP contribution in [0.15, 0.2) is 84.9 Å². The number of ether oxygens (including phenoxy) is 4. The average molecular weight is 551 g/mol. The molecular weight excluding hydrogens is 520 g/mol. The number of para-hydroxylation sites is 2. The van der Waals surface area contributed by atoms with Gasteiger partial charge in [0.15, 0.2) is 23.0 Å². The van der Waals surface area contributed by atoms with Gasteiger partial charge in [-0.25, -0.2) is 9.97 Å². The molecular formula is C33H30N2O6. The lowest BCUT2D eigenvalue weighted by Gasteiger charge is -2.33. The Balaban J connectivity index is 1.69. The second-order valence-corrected chi connectivity index (χ2v) is 9.58. The molecule has 0 fully saturated rings. The summed E-state index contributed by atoms with van der Waals surface area (Å²) >= 11 is 0. The molecule has 208 valence electrons. The number of hydrogen-bond donors (Lipinski definition) is 2. The number of aliphatic hydroxyl groups excluding tert-OH is 2. The Morgan fingerprint density at radius 3 is 1.73 bits per heavy atom. The van der Waals surface area contributed by atoms with Crippen molar-refractivity contribution in [2.24, 2.45) is 0 Å². The Morgan fingerprint density at radius 2 is 1.17 bits per heavy atom. The second kappa shape index (κ2) is 11.1. The number of nitrogens with zero attached hydrogens (tertiary/aromatic N) is 2. The van der Waals surface area contributed by atoms with Gasteiger partial charge in [-0.1, -0.05) is 48.5 Å². The van der Waals surface area contributed by atoms with Gasteiger partial charge in [-0.15, -0.1) is 0 Å². The average Bonchev–Trinajstić information content (AvgIpc) is 3.31. The molecule has 1 aromatic heterocycles. The lowest BCUT2D eigenvalue weighted by molar-refractivity contribution is 0.196. The molecule has 0 spiro atoms. The van der Waals surface area contributed by atoms with Crippen molar-refractivity contribution in [2.45, 2.75) is 5.41 Å². The SMILES string of the molecule is COc1cc(C2(c3ccc(OCCO)c(OC)c3)c3ccccc3-c3nc4ccccc4nc32)ccc1OCCO. The van der Waals surface area contributed by atoms with Gasteiger partial charge in [0, 0.05) is 5.56 Å². The molecule has 0 saturated carbocycles. The summed E-state index contributed by atoms with van der Waals surface area (Å²) in [5, 5.41) is 18.6. The van der Waals surface area contributed by atoms with E-state index in [4.69, 9.17) is 28.9 Å². The third-order valence-corrected chi connectivity index (χ3v) is 7.40. The minimum atomic E-state index is -0.894. The Bertz CT molecular complexity index is 1660. The summed E-state index contributed by atoms with van der Waals surface area (Å²) in [5.74, 6) is 2.12. The van der Waals surface area contributed by atoms with Crippen molar-refractivity contribution >= 4 is 11.0 Å². The first-order valence-electron chi connectivity index (χ1n) is 13.4. The van der Waals surface area contributed by atoms with Gasteiger partial charge in [-0.2, -0.15) is 0 Å². The highest BCUT2D eigenvalue weighted by Crippen LogP contribution is 2.56. The van der Waals surface area contributed by atoms with E-state index in [1.165, 1.54) is 0 Å². The predicted octanol–water partition coefficient (Wildman–Crippen LogP) is 4.75. The molecule has 0 atom stereocenters. The molecule has 1 aliphatic rings. The fourth-order valence-electron chi connectivity index (χ4n) is 5.70. The van der Waals surface area contributed by atoms with E-state index in [-0.39, 0.29) is 26.4 Å².